The van der Waals surface area contributed by atoms with E-state index in [1.165, 1.54) is 18.2 Å². The molecule has 0 fully saturated rings. The van der Waals surface area contributed by atoms with E-state index in [9.17, 15) is 27.9 Å². The van der Waals surface area contributed by atoms with E-state index in [0.717, 1.165) is 6.07 Å². The lowest BCUT2D eigenvalue weighted by Crippen LogP contribution is -2.21. The molecule has 0 heterocycles. The fraction of sp³-hybridized carbons (Fsp3) is 0.176. The van der Waals surface area contributed by atoms with Crippen LogP contribution in [0.15, 0.2) is 36.4 Å². The van der Waals surface area contributed by atoms with Gasteiger partial charge in [-0.15, -0.1) is 0 Å². The molecule has 0 aliphatic heterocycles. The summed E-state index contributed by atoms with van der Waals surface area (Å²) in [6.07, 6.45) is -4.67. The number of halogens is 4. The zero-order valence-electron chi connectivity index (χ0n) is 13.4. The fourth-order valence-electron chi connectivity index (χ4n) is 2.05. The highest BCUT2D eigenvalue weighted by Gasteiger charge is 2.33. The largest absolute Gasteiger partial charge is 0.507 e. The van der Waals surface area contributed by atoms with Gasteiger partial charge in [0.15, 0.2) is 6.61 Å². The molecular weight excluding hydrogens is 375 g/mol. The van der Waals surface area contributed by atoms with Crippen LogP contribution in [-0.4, -0.2) is 23.6 Å². The molecule has 0 radical (unpaired) electrons. The summed E-state index contributed by atoms with van der Waals surface area (Å²) in [6, 6.07) is 7.28. The quantitative estimate of drug-likeness (QED) is 0.772. The fourth-order valence-corrected chi connectivity index (χ4v) is 2.27. The number of phenolic OH excluding ortho intramolecular Hbond substituents is 1. The molecule has 1 amide bonds. The van der Waals surface area contributed by atoms with Crippen molar-refractivity contribution in [3.05, 3.63) is 58.1 Å². The number of aryl methyl sites for hydroxylation is 1. The SMILES string of the molecule is Cc1cccc(C(=O)OCC(=O)Nc2ccc(Cl)c(C(F)(F)F)c2)c1O. The monoisotopic (exact) mass is 387 g/mol. The van der Waals surface area contributed by atoms with Crippen molar-refractivity contribution in [1.29, 1.82) is 0 Å². The van der Waals surface area contributed by atoms with Crippen molar-refractivity contribution in [3.8, 4) is 5.75 Å². The van der Waals surface area contributed by atoms with E-state index in [1.54, 1.807) is 13.0 Å². The average molecular weight is 388 g/mol. The zero-order chi connectivity index (χ0) is 19.5. The molecule has 2 N–H and O–H groups in total. The standard InChI is InChI=1S/C17H13ClF3NO4/c1-9-3-2-4-11(15(9)24)16(25)26-8-14(23)22-10-5-6-13(18)12(7-10)17(19,20)21/h2-7,24H,8H2,1H3,(H,22,23). The van der Waals surface area contributed by atoms with Crippen LogP contribution in [-0.2, 0) is 15.7 Å². The van der Waals surface area contributed by atoms with Crippen molar-refractivity contribution >= 4 is 29.2 Å². The number of hydrogen-bond acceptors (Lipinski definition) is 4. The van der Waals surface area contributed by atoms with E-state index in [4.69, 9.17) is 16.3 Å². The summed E-state index contributed by atoms with van der Waals surface area (Å²) in [7, 11) is 0. The van der Waals surface area contributed by atoms with Crippen LogP contribution in [0.3, 0.4) is 0 Å². The van der Waals surface area contributed by atoms with E-state index >= 15 is 0 Å². The Kier molecular flexibility index (Phi) is 5.76. The van der Waals surface area contributed by atoms with Crippen molar-refractivity contribution in [2.75, 3.05) is 11.9 Å². The molecule has 0 saturated carbocycles. The molecular formula is C17H13ClF3NO4. The smallest absolute Gasteiger partial charge is 0.417 e. The van der Waals surface area contributed by atoms with Crippen molar-refractivity contribution in [2.24, 2.45) is 0 Å². The summed E-state index contributed by atoms with van der Waals surface area (Å²) in [5, 5.41) is 11.5. The topological polar surface area (TPSA) is 75.6 Å². The van der Waals surface area contributed by atoms with Crippen LogP contribution < -0.4 is 5.32 Å². The minimum atomic E-state index is -4.67. The van der Waals surface area contributed by atoms with Crippen molar-refractivity contribution < 1.29 is 32.6 Å². The summed E-state index contributed by atoms with van der Waals surface area (Å²) >= 11 is 5.49. The van der Waals surface area contributed by atoms with Gasteiger partial charge in [-0.3, -0.25) is 4.79 Å². The van der Waals surface area contributed by atoms with Gasteiger partial charge in [-0.2, -0.15) is 13.2 Å². The lowest BCUT2D eigenvalue weighted by atomic mass is 10.1. The highest BCUT2D eigenvalue weighted by Crippen LogP contribution is 2.36. The lowest BCUT2D eigenvalue weighted by Gasteiger charge is -2.12. The molecule has 5 nitrogen and oxygen atoms in total. The predicted octanol–water partition coefficient (Wildman–Crippen LogP) is 4.17. The second-order valence-corrected chi connectivity index (χ2v) is 5.69. The van der Waals surface area contributed by atoms with Crippen LogP contribution in [0, 0.1) is 6.92 Å². The maximum absolute atomic E-state index is 12.8. The van der Waals surface area contributed by atoms with Gasteiger partial charge in [0.1, 0.15) is 11.3 Å². The molecule has 0 saturated heterocycles. The molecule has 2 aromatic rings. The van der Waals surface area contributed by atoms with Crippen molar-refractivity contribution in [3.63, 3.8) is 0 Å². The van der Waals surface area contributed by atoms with E-state index in [-0.39, 0.29) is 17.0 Å². The molecule has 0 bridgehead atoms. The number of alkyl halides is 3. The van der Waals surface area contributed by atoms with Crippen LogP contribution in [0.2, 0.25) is 5.02 Å². The summed E-state index contributed by atoms with van der Waals surface area (Å²) in [5.41, 5.74) is -0.923. The number of hydrogen-bond donors (Lipinski definition) is 2. The molecule has 0 aliphatic rings. The normalized spacial score (nSPS) is 11.1. The van der Waals surface area contributed by atoms with E-state index < -0.39 is 35.2 Å². The van der Waals surface area contributed by atoms with Crippen LogP contribution >= 0.6 is 11.6 Å². The van der Waals surface area contributed by atoms with E-state index in [1.807, 2.05) is 0 Å². The number of anilines is 1. The maximum atomic E-state index is 12.8. The third kappa shape index (κ3) is 4.66. The number of carbonyl (C=O) groups is 2. The number of carbonyl (C=O) groups excluding carboxylic acids is 2. The number of benzene rings is 2. The number of nitrogens with one attached hydrogen (secondary N) is 1. The van der Waals surface area contributed by atoms with Crippen molar-refractivity contribution in [1.82, 2.24) is 0 Å². The molecule has 0 spiro atoms. The van der Waals surface area contributed by atoms with Crippen LogP contribution in [0.25, 0.3) is 0 Å². The zero-order valence-corrected chi connectivity index (χ0v) is 14.1. The highest BCUT2D eigenvalue weighted by atomic mass is 35.5. The molecule has 0 atom stereocenters. The summed E-state index contributed by atoms with van der Waals surface area (Å²) in [4.78, 5) is 23.7. The number of esters is 1. The van der Waals surface area contributed by atoms with Gasteiger partial charge >= 0.3 is 12.1 Å². The molecule has 0 aromatic heterocycles. The Labute approximate surface area is 151 Å². The second kappa shape index (κ2) is 7.65. The number of phenols is 1. The Bertz CT molecular complexity index is 852. The minimum absolute atomic E-state index is 0.122. The average Bonchev–Trinajstić information content (AvgIpc) is 2.56. The van der Waals surface area contributed by atoms with Gasteiger partial charge in [-0.1, -0.05) is 23.7 Å². The second-order valence-electron chi connectivity index (χ2n) is 5.29. The maximum Gasteiger partial charge on any atom is 0.417 e. The molecule has 138 valence electrons. The number of aromatic hydroxyl groups is 1. The van der Waals surface area contributed by atoms with Gasteiger partial charge in [0.2, 0.25) is 0 Å². The van der Waals surface area contributed by atoms with Crippen LogP contribution in [0.4, 0.5) is 18.9 Å². The Morgan fingerprint density at radius 3 is 2.58 bits per heavy atom. The third-order valence-electron chi connectivity index (χ3n) is 3.35. The molecule has 9 heteroatoms. The number of amides is 1. The van der Waals surface area contributed by atoms with Crippen LogP contribution in [0.5, 0.6) is 5.75 Å². The van der Waals surface area contributed by atoms with Crippen LogP contribution in [0.1, 0.15) is 21.5 Å². The minimum Gasteiger partial charge on any atom is -0.507 e. The van der Waals surface area contributed by atoms with Gasteiger partial charge in [-0.25, -0.2) is 4.79 Å². The Hall–Kier alpha value is -2.74. The van der Waals surface area contributed by atoms with Gasteiger partial charge in [0, 0.05) is 5.69 Å². The molecule has 26 heavy (non-hydrogen) atoms. The first-order valence-corrected chi connectivity index (χ1v) is 7.59. The molecule has 2 aromatic carbocycles. The summed E-state index contributed by atoms with van der Waals surface area (Å²) in [5.74, 6) is -2.06. The summed E-state index contributed by atoms with van der Waals surface area (Å²) < 4.78 is 43.1. The highest BCUT2D eigenvalue weighted by molar-refractivity contribution is 6.31. The van der Waals surface area contributed by atoms with Gasteiger partial charge in [-0.05, 0) is 36.8 Å². The number of para-hydroxylation sites is 1. The van der Waals surface area contributed by atoms with E-state index in [0.29, 0.717) is 11.6 Å². The molecule has 2 rings (SSSR count). The van der Waals surface area contributed by atoms with Gasteiger partial charge < -0.3 is 15.2 Å². The molecule has 0 unspecified atom stereocenters. The Balaban J connectivity index is 2.01. The van der Waals surface area contributed by atoms with Gasteiger partial charge in [0.05, 0.1) is 10.6 Å². The first-order chi connectivity index (χ1) is 12.1. The Morgan fingerprint density at radius 1 is 1.23 bits per heavy atom. The third-order valence-corrected chi connectivity index (χ3v) is 3.68. The number of rotatable bonds is 4. The van der Waals surface area contributed by atoms with Gasteiger partial charge in [0.25, 0.3) is 5.91 Å². The first kappa shape index (κ1) is 19.6. The van der Waals surface area contributed by atoms with E-state index in [2.05, 4.69) is 5.32 Å². The number of ether oxygens (including phenoxy) is 1. The van der Waals surface area contributed by atoms with Crippen molar-refractivity contribution in [2.45, 2.75) is 13.1 Å². The predicted molar refractivity (Wildman–Crippen MR) is 88.2 cm³/mol. The Morgan fingerprint density at radius 2 is 1.92 bits per heavy atom. The summed E-state index contributed by atoms with van der Waals surface area (Å²) in [6.45, 7) is 0.841. The first-order valence-electron chi connectivity index (χ1n) is 7.22. The lowest BCUT2D eigenvalue weighted by molar-refractivity contribution is -0.137. The molecule has 0 aliphatic carbocycles.